The Labute approximate surface area is 79.2 Å². The standard InChI is InChI=1S/C10H18OS/c1-7-4-5-11-8(6-7)9-10(2,3)12-9/h7-9H,4-6H2,1-3H3/t7?,8-,9?/m1/s1. The monoisotopic (exact) mass is 186 g/mol. The van der Waals surface area contributed by atoms with Crippen molar-refractivity contribution in [1.82, 2.24) is 0 Å². The lowest BCUT2D eigenvalue weighted by Crippen LogP contribution is -2.31. The fourth-order valence-corrected chi connectivity index (χ4v) is 3.11. The van der Waals surface area contributed by atoms with E-state index >= 15 is 0 Å². The number of hydrogen-bond donors (Lipinski definition) is 0. The Morgan fingerprint density at radius 2 is 2.08 bits per heavy atom. The maximum Gasteiger partial charge on any atom is 0.0709 e. The van der Waals surface area contributed by atoms with Gasteiger partial charge in [-0.15, -0.1) is 11.8 Å². The molecule has 70 valence electrons. The molecule has 0 amide bonds. The molecule has 0 bridgehead atoms. The fraction of sp³-hybridized carbons (Fsp3) is 1.00. The van der Waals surface area contributed by atoms with E-state index in [1.54, 1.807) is 0 Å². The summed E-state index contributed by atoms with van der Waals surface area (Å²) in [6.45, 7) is 7.98. The molecule has 2 aliphatic rings. The topological polar surface area (TPSA) is 9.23 Å². The molecule has 2 fully saturated rings. The van der Waals surface area contributed by atoms with Gasteiger partial charge in [-0.25, -0.2) is 0 Å². The van der Waals surface area contributed by atoms with E-state index in [2.05, 4.69) is 32.5 Å². The number of ether oxygens (including phenoxy) is 1. The van der Waals surface area contributed by atoms with Crippen molar-refractivity contribution in [1.29, 1.82) is 0 Å². The van der Waals surface area contributed by atoms with Gasteiger partial charge in [0.15, 0.2) is 0 Å². The lowest BCUT2D eigenvalue weighted by Gasteiger charge is -2.27. The molecule has 0 saturated carbocycles. The molecule has 2 heterocycles. The van der Waals surface area contributed by atoms with E-state index in [1.807, 2.05) is 0 Å². The number of rotatable bonds is 1. The molecule has 12 heavy (non-hydrogen) atoms. The molecule has 2 unspecified atom stereocenters. The molecular weight excluding hydrogens is 168 g/mol. The van der Waals surface area contributed by atoms with Crippen LogP contribution in [0.25, 0.3) is 0 Å². The van der Waals surface area contributed by atoms with Crippen molar-refractivity contribution in [3.05, 3.63) is 0 Å². The molecule has 3 atom stereocenters. The number of thioether (sulfide) groups is 1. The van der Waals surface area contributed by atoms with Crippen LogP contribution in [0.3, 0.4) is 0 Å². The average Bonchev–Trinajstić information content (AvgIpc) is 2.60. The van der Waals surface area contributed by atoms with Crippen molar-refractivity contribution in [3.8, 4) is 0 Å². The summed E-state index contributed by atoms with van der Waals surface area (Å²) in [5.74, 6) is 0.876. The summed E-state index contributed by atoms with van der Waals surface area (Å²) in [7, 11) is 0. The van der Waals surface area contributed by atoms with Crippen molar-refractivity contribution >= 4 is 11.8 Å². The van der Waals surface area contributed by atoms with Crippen LogP contribution < -0.4 is 0 Å². The minimum absolute atomic E-state index is 0.502. The van der Waals surface area contributed by atoms with Crippen molar-refractivity contribution in [3.63, 3.8) is 0 Å². The van der Waals surface area contributed by atoms with E-state index in [-0.39, 0.29) is 0 Å². The summed E-state index contributed by atoms with van der Waals surface area (Å²) < 4.78 is 6.29. The number of hydrogen-bond acceptors (Lipinski definition) is 2. The van der Waals surface area contributed by atoms with Crippen LogP contribution in [0.1, 0.15) is 33.6 Å². The highest BCUT2D eigenvalue weighted by Crippen LogP contribution is 2.56. The Morgan fingerprint density at radius 3 is 2.58 bits per heavy atom. The molecule has 2 rings (SSSR count). The first-order valence-electron chi connectivity index (χ1n) is 4.89. The zero-order valence-corrected chi connectivity index (χ0v) is 8.99. The minimum Gasteiger partial charge on any atom is -0.377 e. The lowest BCUT2D eigenvalue weighted by molar-refractivity contribution is -0.00343. The third kappa shape index (κ3) is 1.64. The smallest absolute Gasteiger partial charge is 0.0709 e. The molecule has 2 saturated heterocycles. The molecule has 0 N–H and O–H groups in total. The summed E-state index contributed by atoms with van der Waals surface area (Å²) in [5, 5.41) is 0.778. The Balaban J connectivity index is 1.89. The fourth-order valence-electron chi connectivity index (χ4n) is 2.03. The molecule has 0 aromatic carbocycles. The van der Waals surface area contributed by atoms with E-state index < -0.39 is 0 Å². The lowest BCUT2D eigenvalue weighted by atomic mass is 9.93. The predicted octanol–water partition coefficient (Wildman–Crippen LogP) is 2.70. The van der Waals surface area contributed by atoms with Crippen molar-refractivity contribution < 1.29 is 4.74 Å². The first-order chi connectivity index (χ1) is 5.59. The Bertz CT molecular complexity index is 179. The molecule has 1 nitrogen and oxygen atoms in total. The summed E-state index contributed by atoms with van der Waals surface area (Å²) in [6, 6.07) is 0. The van der Waals surface area contributed by atoms with Crippen LogP contribution >= 0.6 is 11.8 Å². The van der Waals surface area contributed by atoms with Gasteiger partial charge in [0, 0.05) is 16.6 Å². The predicted molar refractivity (Wildman–Crippen MR) is 53.6 cm³/mol. The van der Waals surface area contributed by atoms with Gasteiger partial charge in [-0.2, -0.15) is 0 Å². The molecule has 0 aromatic rings. The van der Waals surface area contributed by atoms with Crippen LogP contribution in [0.5, 0.6) is 0 Å². The second-order valence-corrected chi connectivity index (χ2v) is 6.48. The molecule has 0 spiro atoms. The zero-order chi connectivity index (χ0) is 8.77. The van der Waals surface area contributed by atoms with Gasteiger partial charge in [0.2, 0.25) is 0 Å². The first-order valence-corrected chi connectivity index (χ1v) is 5.77. The first kappa shape index (κ1) is 8.89. The Hall–Kier alpha value is 0.310. The maximum absolute atomic E-state index is 5.79. The molecule has 2 heteroatoms. The summed E-state index contributed by atoms with van der Waals surface area (Å²) in [6.07, 6.45) is 3.09. The van der Waals surface area contributed by atoms with Gasteiger partial charge in [-0.05, 0) is 32.6 Å². The quantitative estimate of drug-likeness (QED) is 0.582. The van der Waals surface area contributed by atoms with E-state index in [0.29, 0.717) is 10.9 Å². The SMILES string of the molecule is CC1CCO[C@@H](C2SC2(C)C)C1. The maximum atomic E-state index is 5.79. The van der Waals surface area contributed by atoms with E-state index in [0.717, 1.165) is 17.8 Å². The van der Waals surface area contributed by atoms with E-state index in [1.165, 1.54) is 12.8 Å². The summed E-state index contributed by atoms with van der Waals surface area (Å²) >= 11 is 2.08. The molecule has 0 radical (unpaired) electrons. The molecule has 2 aliphatic heterocycles. The van der Waals surface area contributed by atoms with Gasteiger partial charge < -0.3 is 4.74 Å². The second-order valence-electron chi connectivity index (χ2n) is 4.68. The van der Waals surface area contributed by atoms with Gasteiger partial charge in [0.25, 0.3) is 0 Å². The van der Waals surface area contributed by atoms with E-state index in [4.69, 9.17) is 4.74 Å². The summed E-state index contributed by atoms with van der Waals surface area (Å²) in [5.41, 5.74) is 0. The minimum atomic E-state index is 0.502. The normalized spacial score (nSPS) is 45.8. The van der Waals surface area contributed by atoms with Crippen molar-refractivity contribution in [2.75, 3.05) is 6.61 Å². The van der Waals surface area contributed by atoms with Gasteiger partial charge in [0.05, 0.1) is 6.10 Å². The summed E-state index contributed by atoms with van der Waals surface area (Å²) in [4.78, 5) is 0. The van der Waals surface area contributed by atoms with Crippen molar-refractivity contribution in [2.45, 2.75) is 49.7 Å². The van der Waals surface area contributed by atoms with Gasteiger partial charge in [0.1, 0.15) is 0 Å². The van der Waals surface area contributed by atoms with Crippen LogP contribution in [0.4, 0.5) is 0 Å². The highest BCUT2D eigenvalue weighted by atomic mass is 32.2. The van der Waals surface area contributed by atoms with Gasteiger partial charge in [-0.1, -0.05) is 6.92 Å². The molecule has 0 aliphatic carbocycles. The van der Waals surface area contributed by atoms with Crippen LogP contribution in [0.2, 0.25) is 0 Å². The van der Waals surface area contributed by atoms with Gasteiger partial charge in [-0.3, -0.25) is 0 Å². The van der Waals surface area contributed by atoms with Crippen LogP contribution in [0, 0.1) is 5.92 Å². The average molecular weight is 186 g/mol. The molecule has 0 aromatic heterocycles. The van der Waals surface area contributed by atoms with E-state index in [9.17, 15) is 0 Å². The second kappa shape index (κ2) is 2.91. The largest absolute Gasteiger partial charge is 0.377 e. The Morgan fingerprint density at radius 1 is 1.42 bits per heavy atom. The van der Waals surface area contributed by atoms with Crippen LogP contribution in [-0.2, 0) is 4.74 Å². The van der Waals surface area contributed by atoms with Gasteiger partial charge >= 0.3 is 0 Å². The highest BCUT2D eigenvalue weighted by Gasteiger charge is 2.52. The van der Waals surface area contributed by atoms with Crippen LogP contribution in [0.15, 0.2) is 0 Å². The third-order valence-corrected chi connectivity index (χ3v) is 4.73. The molecular formula is C10H18OS. The Kier molecular flexibility index (Phi) is 2.16. The van der Waals surface area contributed by atoms with Crippen LogP contribution in [-0.4, -0.2) is 22.7 Å². The van der Waals surface area contributed by atoms with Crippen molar-refractivity contribution in [2.24, 2.45) is 5.92 Å². The zero-order valence-electron chi connectivity index (χ0n) is 8.17. The highest BCUT2D eigenvalue weighted by molar-refractivity contribution is 8.08. The third-order valence-electron chi connectivity index (χ3n) is 2.97.